The molecule has 0 aromatic heterocycles. The smallest absolute Gasteiger partial charge is 0.225 e. The van der Waals surface area contributed by atoms with E-state index in [9.17, 15) is 14.4 Å². The fourth-order valence-corrected chi connectivity index (χ4v) is 3.22. The number of nitrogens with one attached hydrogen (secondary N) is 1. The number of rotatable bonds is 4. The molecular weight excluding hydrogens is 282 g/mol. The molecule has 0 aliphatic carbocycles. The lowest BCUT2D eigenvalue weighted by atomic mass is 10.0. The third-order valence-corrected chi connectivity index (χ3v) is 4.65. The van der Waals surface area contributed by atoms with Gasteiger partial charge in [0.1, 0.15) is 0 Å². The maximum atomic E-state index is 12.3. The third kappa shape index (κ3) is 3.78. The summed E-state index contributed by atoms with van der Waals surface area (Å²) in [5.41, 5.74) is 0. The fraction of sp³-hybridized carbons (Fsp3) is 0.812. The number of carbonyl (C=O) groups is 3. The Morgan fingerprint density at radius 2 is 1.91 bits per heavy atom. The fourth-order valence-electron chi connectivity index (χ4n) is 3.22. The standard InChI is InChI=1S/C16H27N3O3/c1-4-14(20)18-7-5-13(6-8-18)17-16(22)12-9-15(21)19(10-12)11(2)3/h11-13H,4-10H2,1-3H3,(H,17,22). The Labute approximate surface area is 132 Å². The molecule has 2 aliphatic rings. The van der Waals surface area contributed by atoms with Crippen molar-refractivity contribution in [3.05, 3.63) is 0 Å². The number of nitrogens with zero attached hydrogens (tertiary/aromatic N) is 2. The predicted octanol–water partition coefficient (Wildman–Crippen LogP) is 0.761. The molecule has 0 aromatic rings. The first kappa shape index (κ1) is 16.8. The third-order valence-electron chi connectivity index (χ3n) is 4.65. The summed E-state index contributed by atoms with van der Waals surface area (Å²) in [6.45, 7) is 7.75. The van der Waals surface area contributed by atoms with E-state index in [2.05, 4.69) is 5.32 Å². The number of hydrogen-bond donors (Lipinski definition) is 1. The number of likely N-dealkylation sites (tertiary alicyclic amines) is 2. The second-order valence-electron chi connectivity index (χ2n) is 6.56. The molecule has 1 unspecified atom stereocenters. The molecule has 2 rings (SSSR count). The quantitative estimate of drug-likeness (QED) is 0.833. The summed E-state index contributed by atoms with van der Waals surface area (Å²) in [6.07, 6.45) is 2.45. The van der Waals surface area contributed by atoms with E-state index in [4.69, 9.17) is 0 Å². The number of amides is 3. The summed E-state index contributed by atoms with van der Waals surface area (Å²) >= 11 is 0. The van der Waals surface area contributed by atoms with Crippen LogP contribution in [0.25, 0.3) is 0 Å². The summed E-state index contributed by atoms with van der Waals surface area (Å²) in [4.78, 5) is 39.5. The molecule has 2 saturated heterocycles. The van der Waals surface area contributed by atoms with Crippen molar-refractivity contribution in [2.24, 2.45) is 5.92 Å². The van der Waals surface area contributed by atoms with Crippen molar-refractivity contribution in [3.8, 4) is 0 Å². The average molecular weight is 309 g/mol. The van der Waals surface area contributed by atoms with Gasteiger partial charge in [-0.1, -0.05) is 6.92 Å². The van der Waals surface area contributed by atoms with E-state index in [1.54, 1.807) is 4.90 Å². The first-order valence-corrected chi connectivity index (χ1v) is 8.30. The molecule has 0 saturated carbocycles. The molecular formula is C16H27N3O3. The monoisotopic (exact) mass is 309 g/mol. The maximum absolute atomic E-state index is 12.3. The summed E-state index contributed by atoms with van der Waals surface area (Å²) in [6, 6.07) is 0.269. The maximum Gasteiger partial charge on any atom is 0.225 e. The zero-order chi connectivity index (χ0) is 16.3. The summed E-state index contributed by atoms with van der Waals surface area (Å²) < 4.78 is 0. The van der Waals surface area contributed by atoms with Crippen LogP contribution in [-0.4, -0.2) is 59.2 Å². The van der Waals surface area contributed by atoms with Crippen molar-refractivity contribution >= 4 is 17.7 Å². The molecule has 1 atom stereocenters. The molecule has 0 spiro atoms. The molecule has 124 valence electrons. The van der Waals surface area contributed by atoms with Gasteiger partial charge >= 0.3 is 0 Å². The predicted molar refractivity (Wildman–Crippen MR) is 83.0 cm³/mol. The Hall–Kier alpha value is -1.59. The van der Waals surface area contributed by atoms with Gasteiger partial charge in [0.15, 0.2) is 0 Å². The van der Waals surface area contributed by atoms with Crippen molar-refractivity contribution in [2.45, 2.75) is 58.5 Å². The van der Waals surface area contributed by atoms with Gasteiger partial charge in [-0.25, -0.2) is 0 Å². The van der Waals surface area contributed by atoms with Crippen LogP contribution in [0.15, 0.2) is 0 Å². The van der Waals surface area contributed by atoms with Crippen LogP contribution >= 0.6 is 0 Å². The van der Waals surface area contributed by atoms with Gasteiger partial charge in [-0.2, -0.15) is 0 Å². The van der Waals surface area contributed by atoms with Gasteiger partial charge in [-0.05, 0) is 26.7 Å². The molecule has 2 fully saturated rings. The SMILES string of the molecule is CCC(=O)N1CCC(NC(=O)C2CC(=O)N(C(C)C)C2)CC1. The highest BCUT2D eigenvalue weighted by Crippen LogP contribution is 2.21. The zero-order valence-corrected chi connectivity index (χ0v) is 13.8. The van der Waals surface area contributed by atoms with Crippen molar-refractivity contribution in [1.29, 1.82) is 0 Å². The van der Waals surface area contributed by atoms with Crippen molar-refractivity contribution in [2.75, 3.05) is 19.6 Å². The Balaban J connectivity index is 1.79. The Morgan fingerprint density at radius 3 is 2.41 bits per heavy atom. The van der Waals surface area contributed by atoms with Gasteiger partial charge in [0.05, 0.1) is 5.92 Å². The number of hydrogen-bond acceptors (Lipinski definition) is 3. The van der Waals surface area contributed by atoms with Crippen molar-refractivity contribution in [1.82, 2.24) is 15.1 Å². The van der Waals surface area contributed by atoms with Crippen LogP contribution in [-0.2, 0) is 14.4 Å². The van der Waals surface area contributed by atoms with E-state index < -0.39 is 0 Å². The lowest BCUT2D eigenvalue weighted by Crippen LogP contribution is -2.48. The van der Waals surface area contributed by atoms with Crippen molar-refractivity contribution < 1.29 is 14.4 Å². The molecule has 2 heterocycles. The van der Waals surface area contributed by atoms with Crippen LogP contribution in [0, 0.1) is 5.92 Å². The zero-order valence-electron chi connectivity index (χ0n) is 13.8. The molecule has 3 amide bonds. The van der Waals surface area contributed by atoms with Crippen LogP contribution in [0.5, 0.6) is 0 Å². The molecule has 2 aliphatic heterocycles. The van der Waals surface area contributed by atoms with Gasteiger partial charge < -0.3 is 15.1 Å². The molecule has 0 bridgehead atoms. The summed E-state index contributed by atoms with van der Waals surface area (Å²) in [5, 5.41) is 3.06. The molecule has 22 heavy (non-hydrogen) atoms. The van der Waals surface area contributed by atoms with Gasteiger partial charge in [-0.15, -0.1) is 0 Å². The number of carbonyl (C=O) groups excluding carboxylic acids is 3. The first-order chi connectivity index (χ1) is 10.4. The molecule has 6 nitrogen and oxygen atoms in total. The lowest BCUT2D eigenvalue weighted by Gasteiger charge is -2.32. The van der Waals surface area contributed by atoms with Gasteiger partial charge in [0, 0.05) is 44.6 Å². The Kier molecular flexibility index (Phi) is 5.42. The van der Waals surface area contributed by atoms with E-state index in [-0.39, 0.29) is 35.7 Å². The Morgan fingerprint density at radius 1 is 1.27 bits per heavy atom. The highest BCUT2D eigenvalue weighted by molar-refractivity contribution is 5.89. The van der Waals surface area contributed by atoms with Gasteiger partial charge in [0.2, 0.25) is 17.7 Å². The number of piperidine rings is 1. The first-order valence-electron chi connectivity index (χ1n) is 8.30. The van der Waals surface area contributed by atoms with Crippen LogP contribution in [0.3, 0.4) is 0 Å². The minimum atomic E-state index is -0.231. The normalized spacial score (nSPS) is 23.3. The Bertz CT molecular complexity index is 442. The topological polar surface area (TPSA) is 69.7 Å². The van der Waals surface area contributed by atoms with E-state index in [1.807, 2.05) is 25.7 Å². The molecule has 0 aromatic carbocycles. The van der Waals surface area contributed by atoms with Crippen molar-refractivity contribution in [3.63, 3.8) is 0 Å². The van der Waals surface area contributed by atoms with Gasteiger partial charge in [-0.3, -0.25) is 14.4 Å². The van der Waals surface area contributed by atoms with E-state index in [0.29, 0.717) is 32.5 Å². The highest BCUT2D eigenvalue weighted by atomic mass is 16.2. The largest absolute Gasteiger partial charge is 0.353 e. The van der Waals surface area contributed by atoms with Crippen LogP contribution in [0.2, 0.25) is 0 Å². The second-order valence-corrected chi connectivity index (χ2v) is 6.56. The van der Waals surface area contributed by atoms with Crippen LogP contribution in [0.1, 0.15) is 46.5 Å². The summed E-state index contributed by atoms with van der Waals surface area (Å²) in [5.74, 6) is -0.000718. The van der Waals surface area contributed by atoms with E-state index in [0.717, 1.165) is 12.8 Å². The highest BCUT2D eigenvalue weighted by Gasteiger charge is 2.36. The van der Waals surface area contributed by atoms with E-state index in [1.165, 1.54) is 0 Å². The molecule has 6 heteroatoms. The van der Waals surface area contributed by atoms with Gasteiger partial charge in [0.25, 0.3) is 0 Å². The second kappa shape index (κ2) is 7.11. The average Bonchev–Trinajstić information content (AvgIpc) is 2.89. The minimum absolute atomic E-state index is 0.0169. The minimum Gasteiger partial charge on any atom is -0.353 e. The molecule has 1 N–H and O–H groups in total. The summed E-state index contributed by atoms with van der Waals surface area (Å²) in [7, 11) is 0. The lowest BCUT2D eigenvalue weighted by molar-refractivity contribution is -0.132. The van der Waals surface area contributed by atoms with Crippen LogP contribution < -0.4 is 5.32 Å². The van der Waals surface area contributed by atoms with Crippen LogP contribution in [0.4, 0.5) is 0 Å². The van der Waals surface area contributed by atoms with E-state index >= 15 is 0 Å². The molecule has 0 radical (unpaired) electrons.